The second-order valence-corrected chi connectivity index (χ2v) is 14.8. The number of hydrogen-bond acceptors (Lipinski definition) is 5. The van der Waals surface area contributed by atoms with Gasteiger partial charge >= 0.3 is 11.9 Å². The van der Waals surface area contributed by atoms with E-state index < -0.39 is 23.0 Å². The van der Waals surface area contributed by atoms with Crippen LogP contribution >= 0.6 is 0 Å². The first kappa shape index (κ1) is 27.6. The summed E-state index contributed by atoms with van der Waals surface area (Å²) >= 11 is 0. The maximum atomic E-state index is 13.4. The first-order valence-electron chi connectivity index (χ1n) is 14.8. The Morgan fingerprint density at radius 1 is 0.921 bits per heavy atom. The highest BCUT2D eigenvalue weighted by Gasteiger charge is 2.72. The summed E-state index contributed by atoms with van der Waals surface area (Å²) in [6.07, 6.45) is 8.10. The molecule has 5 aliphatic carbocycles. The number of carboxylic acids is 1. The molecule has 5 rings (SSSR count). The van der Waals surface area contributed by atoms with E-state index in [9.17, 15) is 24.3 Å². The second kappa shape index (κ2) is 8.51. The highest BCUT2D eigenvalue weighted by atomic mass is 16.5. The van der Waals surface area contributed by atoms with Crippen LogP contribution in [-0.2, 0) is 23.9 Å². The number of allylic oxidation sites excluding steroid dienone is 1. The summed E-state index contributed by atoms with van der Waals surface area (Å²) < 4.78 is 5.62. The van der Waals surface area contributed by atoms with Crippen molar-refractivity contribution in [2.75, 3.05) is 6.61 Å². The Kier molecular flexibility index (Phi) is 6.18. The van der Waals surface area contributed by atoms with Gasteiger partial charge in [-0.3, -0.25) is 19.2 Å². The number of hydrogen-bond donors (Lipinski definition) is 1. The minimum Gasteiger partial charge on any atom is -0.480 e. The molecule has 6 heteroatoms. The summed E-state index contributed by atoms with van der Waals surface area (Å²) in [5.74, 6) is -1.95. The van der Waals surface area contributed by atoms with Crippen molar-refractivity contribution >= 4 is 23.5 Å². The monoisotopic (exact) mass is 526 g/mol. The van der Waals surface area contributed by atoms with Gasteiger partial charge in [0.05, 0.1) is 6.61 Å². The van der Waals surface area contributed by atoms with Gasteiger partial charge in [0.2, 0.25) is 11.6 Å². The third-order valence-corrected chi connectivity index (χ3v) is 12.9. The highest BCUT2D eigenvalue weighted by Crippen LogP contribution is 2.76. The summed E-state index contributed by atoms with van der Waals surface area (Å²) in [6.45, 7) is 15.4. The molecule has 1 unspecified atom stereocenters. The molecule has 0 amide bonds. The number of esters is 1. The van der Waals surface area contributed by atoms with Crippen molar-refractivity contribution in [1.29, 1.82) is 0 Å². The first-order valence-corrected chi connectivity index (χ1v) is 14.8. The number of ketones is 2. The Morgan fingerprint density at radius 3 is 2.21 bits per heavy atom. The normalized spacial score (nSPS) is 46.3. The number of Topliss-reactive ketones (excluding diaryl/α,β-unsaturated/α-hetero) is 2. The van der Waals surface area contributed by atoms with E-state index >= 15 is 0 Å². The van der Waals surface area contributed by atoms with Crippen LogP contribution in [0.1, 0.15) is 106 Å². The van der Waals surface area contributed by atoms with Crippen molar-refractivity contribution in [2.45, 2.75) is 106 Å². The van der Waals surface area contributed by atoms with Crippen LogP contribution in [0, 0.1) is 50.7 Å². The highest BCUT2D eigenvalue weighted by molar-refractivity contribution is 6.52. The number of carboxylic acid groups (broad SMARTS) is 1. The van der Waals surface area contributed by atoms with E-state index in [2.05, 4.69) is 27.7 Å². The van der Waals surface area contributed by atoms with Gasteiger partial charge in [-0.25, -0.2) is 0 Å². The van der Waals surface area contributed by atoms with Crippen LogP contribution in [-0.4, -0.2) is 35.2 Å². The van der Waals surface area contributed by atoms with Crippen LogP contribution < -0.4 is 0 Å². The van der Waals surface area contributed by atoms with Crippen molar-refractivity contribution in [2.24, 2.45) is 50.7 Å². The Labute approximate surface area is 227 Å². The average molecular weight is 527 g/mol. The fourth-order valence-electron chi connectivity index (χ4n) is 11.1. The zero-order valence-electron chi connectivity index (χ0n) is 24.4. The van der Waals surface area contributed by atoms with E-state index in [0.29, 0.717) is 36.0 Å². The number of aliphatic carboxylic acids is 1. The lowest BCUT2D eigenvalue weighted by Gasteiger charge is -2.71. The van der Waals surface area contributed by atoms with E-state index in [1.165, 1.54) is 6.92 Å². The Bertz CT molecular complexity index is 1130. The number of carbonyl (C=O) groups excluding carboxylic acids is 3. The summed E-state index contributed by atoms with van der Waals surface area (Å²) in [5.41, 5.74) is -0.672. The van der Waals surface area contributed by atoms with Crippen LogP contribution in [0.4, 0.5) is 0 Å². The number of ether oxygens (including phenoxy) is 1. The predicted molar refractivity (Wildman–Crippen MR) is 143 cm³/mol. The van der Waals surface area contributed by atoms with Crippen molar-refractivity contribution in [3.05, 3.63) is 11.1 Å². The molecule has 38 heavy (non-hydrogen) atoms. The van der Waals surface area contributed by atoms with Gasteiger partial charge in [0, 0.05) is 17.9 Å². The largest absolute Gasteiger partial charge is 0.480 e. The Morgan fingerprint density at radius 2 is 1.61 bits per heavy atom. The quantitative estimate of drug-likeness (QED) is 0.267. The zero-order chi connectivity index (χ0) is 28.1. The van der Waals surface area contributed by atoms with Gasteiger partial charge in [0.1, 0.15) is 0 Å². The van der Waals surface area contributed by atoms with E-state index in [4.69, 9.17) is 4.74 Å². The van der Waals surface area contributed by atoms with E-state index in [1.54, 1.807) is 0 Å². The molecule has 0 saturated heterocycles. The van der Waals surface area contributed by atoms with Gasteiger partial charge in [-0.2, -0.15) is 0 Å². The minimum absolute atomic E-state index is 0.0325. The summed E-state index contributed by atoms with van der Waals surface area (Å²) in [7, 11) is 0. The van der Waals surface area contributed by atoms with Crippen molar-refractivity contribution in [3.8, 4) is 0 Å². The van der Waals surface area contributed by atoms with Crippen LogP contribution in [0.15, 0.2) is 11.1 Å². The lowest BCUT2D eigenvalue weighted by molar-refractivity contribution is -0.220. The first-order chi connectivity index (χ1) is 17.6. The molecule has 6 nitrogen and oxygen atoms in total. The molecule has 4 saturated carbocycles. The summed E-state index contributed by atoms with van der Waals surface area (Å²) in [6, 6.07) is 0. The van der Waals surface area contributed by atoms with Gasteiger partial charge in [-0.05, 0) is 96.9 Å². The minimum atomic E-state index is -1.67. The van der Waals surface area contributed by atoms with E-state index in [1.807, 2.05) is 13.8 Å². The summed E-state index contributed by atoms with van der Waals surface area (Å²) in [5, 5.41) is 10.5. The summed E-state index contributed by atoms with van der Waals surface area (Å²) in [4.78, 5) is 51.2. The lowest BCUT2D eigenvalue weighted by atomic mass is 9.33. The van der Waals surface area contributed by atoms with Gasteiger partial charge in [0.25, 0.3) is 0 Å². The molecule has 0 aromatic carbocycles. The lowest BCUT2D eigenvalue weighted by Crippen LogP contribution is -2.65. The van der Waals surface area contributed by atoms with Crippen molar-refractivity contribution < 1.29 is 29.0 Å². The Balaban J connectivity index is 1.59. The van der Waals surface area contributed by atoms with Gasteiger partial charge in [-0.1, -0.05) is 48.0 Å². The molecule has 0 spiro atoms. The third kappa shape index (κ3) is 3.24. The van der Waals surface area contributed by atoms with Crippen LogP contribution in [0.2, 0.25) is 0 Å². The Hall–Kier alpha value is -1.98. The SMILES string of the molecule is CC(=O)OCC1(C)CCC[C@]2(C)[C@H]3CC[C@@H]4C5=C(C(C)C)C(=O)C(=O)[C@]5(C(=O)O)CC[C@@]4(C)[C@]3(C)CC[C@@H]12. The topological polar surface area (TPSA) is 97.7 Å². The molecule has 0 aliphatic heterocycles. The molecule has 0 heterocycles. The van der Waals surface area contributed by atoms with Gasteiger partial charge < -0.3 is 9.84 Å². The molecule has 0 bridgehead atoms. The molecule has 4 fully saturated rings. The average Bonchev–Trinajstić information content (AvgIpc) is 3.06. The third-order valence-electron chi connectivity index (χ3n) is 12.9. The number of fused-ring (bicyclic) bond motifs is 7. The second-order valence-electron chi connectivity index (χ2n) is 14.8. The zero-order valence-corrected chi connectivity index (χ0v) is 24.4. The fraction of sp³-hybridized carbons (Fsp3) is 0.812. The smallest absolute Gasteiger partial charge is 0.321 e. The van der Waals surface area contributed by atoms with Crippen LogP contribution in [0.25, 0.3) is 0 Å². The molecule has 1 N–H and O–H groups in total. The molecular weight excluding hydrogens is 480 g/mol. The van der Waals surface area contributed by atoms with Crippen molar-refractivity contribution in [3.63, 3.8) is 0 Å². The maximum Gasteiger partial charge on any atom is 0.321 e. The molecule has 0 radical (unpaired) electrons. The standard InChI is InChI=1S/C32H46O6/c1-18(2)23-24-20-9-10-22-29(5)13-8-12-28(4,17-38-19(3)33)21(29)11-14-31(22,7)30(20,6)15-16-32(24,27(36)37)26(35)25(23)34/h18,20-22H,8-17H2,1-7H3,(H,36,37)/t20-,21+,22-,28?,29+,30-,31-,32+/m1/s1. The molecular formula is C32H46O6. The molecule has 5 aliphatic rings. The number of carbonyl (C=O) groups is 4. The van der Waals surface area contributed by atoms with E-state index in [-0.39, 0.29) is 45.9 Å². The van der Waals surface area contributed by atoms with Crippen molar-refractivity contribution in [1.82, 2.24) is 0 Å². The fourth-order valence-corrected chi connectivity index (χ4v) is 11.1. The van der Waals surface area contributed by atoms with E-state index in [0.717, 1.165) is 44.9 Å². The molecule has 0 aromatic heterocycles. The van der Waals surface area contributed by atoms with Crippen LogP contribution in [0.3, 0.4) is 0 Å². The predicted octanol–water partition coefficient (Wildman–Crippen LogP) is 6.16. The number of rotatable bonds is 4. The maximum absolute atomic E-state index is 13.4. The van der Waals surface area contributed by atoms with Gasteiger partial charge in [-0.15, -0.1) is 0 Å². The molecule has 0 aromatic rings. The molecule has 8 atom stereocenters. The van der Waals surface area contributed by atoms with Gasteiger partial charge in [0.15, 0.2) is 5.41 Å². The van der Waals surface area contributed by atoms with Crippen LogP contribution in [0.5, 0.6) is 0 Å². The molecule has 210 valence electrons.